The van der Waals surface area contributed by atoms with Gasteiger partial charge >= 0.3 is 5.97 Å². The standard InChI is InChI=1S/C16H9N3O6/c20-16-14(6-10-4-2-1-3-5-10)17-15(25-16)11-7-12(18(21)22)9-13(8-11)19(23)24/h1-9H. The highest BCUT2D eigenvalue weighted by Gasteiger charge is 2.27. The van der Waals surface area contributed by atoms with Crippen molar-refractivity contribution in [2.75, 3.05) is 0 Å². The number of hydrogen-bond acceptors (Lipinski definition) is 7. The molecule has 124 valence electrons. The smallest absolute Gasteiger partial charge is 0.363 e. The number of nitro benzene ring substituents is 2. The van der Waals surface area contributed by atoms with E-state index in [9.17, 15) is 25.0 Å². The van der Waals surface area contributed by atoms with Crippen molar-refractivity contribution in [1.82, 2.24) is 0 Å². The maximum atomic E-state index is 11.9. The van der Waals surface area contributed by atoms with Crippen LogP contribution in [0.25, 0.3) is 6.08 Å². The van der Waals surface area contributed by atoms with Crippen LogP contribution < -0.4 is 0 Å². The van der Waals surface area contributed by atoms with Crippen molar-refractivity contribution in [2.45, 2.75) is 0 Å². The molecule has 2 aromatic carbocycles. The van der Waals surface area contributed by atoms with Crippen LogP contribution in [0.5, 0.6) is 0 Å². The maximum Gasteiger partial charge on any atom is 0.363 e. The molecule has 25 heavy (non-hydrogen) atoms. The minimum atomic E-state index is -0.769. The van der Waals surface area contributed by atoms with Gasteiger partial charge in [-0.3, -0.25) is 20.2 Å². The van der Waals surface area contributed by atoms with Crippen molar-refractivity contribution in [3.8, 4) is 0 Å². The molecule has 0 atom stereocenters. The largest absolute Gasteiger partial charge is 0.402 e. The highest BCUT2D eigenvalue weighted by atomic mass is 16.6. The SMILES string of the molecule is O=C1OC(c2cc([N+](=O)[O-])cc([N+](=O)[O-])c2)=NC1=Cc1ccccc1. The van der Waals surface area contributed by atoms with Crippen molar-refractivity contribution < 1.29 is 19.4 Å². The molecule has 0 unspecified atom stereocenters. The molecule has 0 aliphatic carbocycles. The predicted octanol–water partition coefficient (Wildman–Crippen LogP) is 2.85. The van der Waals surface area contributed by atoms with Gasteiger partial charge < -0.3 is 4.74 Å². The van der Waals surface area contributed by atoms with Gasteiger partial charge in [-0.2, -0.15) is 0 Å². The molecule has 1 aliphatic heterocycles. The molecule has 0 saturated carbocycles. The van der Waals surface area contributed by atoms with Gasteiger partial charge in [0, 0.05) is 12.1 Å². The van der Waals surface area contributed by atoms with E-state index in [0.29, 0.717) is 5.56 Å². The Bertz CT molecular complexity index is 917. The minimum Gasteiger partial charge on any atom is -0.402 e. The van der Waals surface area contributed by atoms with Crippen molar-refractivity contribution in [1.29, 1.82) is 0 Å². The highest BCUT2D eigenvalue weighted by molar-refractivity contribution is 6.13. The summed E-state index contributed by atoms with van der Waals surface area (Å²) < 4.78 is 5.00. The molecule has 1 aliphatic rings. The minimum absolute atomic E-state index is 0.00430. The summed E-state index contributed by atoms with van der Waals surface area (Å²) in [5, 5.41) is 21.9. The first kappa shape index (κ1) is 16.0. The van der Waals surface area contributed by atoms with Gasteiger partial charge in [-0.05, 0) is 11.6 Å². The molecule has 0 amide bonds. The van der Waals surface area contributed by atoms with Gasteiger partial charge in [0.25, 0.3) is 11.4 Å². The molecule has 0 radical (unpaired) electrons. The van der Waals surface area contributed by atoms with Gasteiger partial charge in [-0.25, -0.2) is 9.79 Å². The Hall–Kier alpha value is -3.88. The van der Waals surface area contributed by atoms with Crippen LogP contribution in [-0.2, 0) is 9.53 Å². The predicted molar refractivity (Wildman–Crippen MR) is 86.8 cm³/mol. The zero-order chi connectivity index (χ0) is 18.0. The Balaban J connectivity index is 2.03. The number of non-ortho nitro benzene ring substituents is 2. The molecule has 3 rings (SSSR count). The average molecular weight is 339 g/mol. The number of ether oxygens (including phenoxy) is 1. The number of nitro groups is 2. The second kappa shape index (κ2) is 6.32. The normalized spacial score (nSPS) is 15.0. The monoisotopic (exact) mass is 339 g/mol. The number of carbonyl (C=O) groups excluding carboxylic acids is 1. The summed E-state index contributed by atoms with van der Waals surface area (Å²) >= 11 is 0. The molecule has 0 N–H and O–H groups in total. The number of benzene rings is 2. The van der Waals surface area contributed by atoms with Crippen molar-refractivity contribution in [2.24, 2.45) is 4.99 Å². The lowest BCUT2D eigenvalue weighted by Gasteiger charge is -2.00. The van der Waals surface area contributed by atoms with Crippen LogP contribution in [0, 0.1) is 20.2 Å². The first-order valence-electron chi connectivity index (χ1n) is 6.96. The summed E-state index contributed by atoms with van der Waals surface area (Å²) in [6.07, 6.45) is 1.49. The van der Waals surface area contributed by atoms with E-state index in [1.165, 1.54) is 6.08 Å². The van der Waals surface area contributed by atoms with E-state index < -0.39 is 27.2 Å². The summed E-state index contributed by atoms with van der Waals surface area (Å²) in [5.74, 6) is -0.966. The van der Waals surface area contributed by atoms with E-state index in [1.807, 2.05) is 6.07 Å². The zero-order valence-electron chi connectivity index (χ0n) is 12.5. The van der Waals surface area contributed by atoms with E-state index in [0.717, 1.165) is 18.2 Å². The van der Waals surface area contributed by atoms with Gasteiger partial charge in [0.05, 0.1) is 21.5 Å². The summed E-state index contributed by atoms with van der Waals surface area (Å²) in [4.78, 5) is 36.3. The van der Waals surface area contributed by atoms with Gasteiger partial charge in [-0.1, -0.05) is 30.3 Å². The summed E-state index contributed by atoms with van der Waals surface area (Å²) in [7, 11) is 0. The lowest BCUT2D eigenvalue weighted by atomic mass is 10.1. The summed E-state index contributed by atoms with van der Waals surface area (Å²) in [6, 6.07) is 11.8. The molecule has 2 aromatic rings. The van der Waals surface area contributed by atoms with Gasteiger partial charge in [0.15, 0.2) is 5.70 Å². The first-order chi connectivity index (χ1) is 11.9. The third-order valence-electron chi connectivity index (χ3n) is 3.29. The fraction of sp³-hybridized carbons (Fsp3) is 0. The van der Waals surface area contributed by atoms with Crippen LogP contribution in [-0.4, -0.2) is 21.7 Å². The molecular formula is C16H9N3O6. The van der Waals surface area contributed by atoms with Gasteiger partial charge in [0.2, 0.25) is 5.90 Å². The molecule has 0 bridgehead atoms. The van der Waals surface area contributed by atoms with Crippen LogP contribution in [0.2, 0.25) is 0 Å². The average Bonchev–Trinajstić information content (AvgIpc) is 2.96. The number of esters is 1. The highest BCUT2D eigenvalue weighted by Crippen LogP contribution is 2.26. The molecule has 1 heterocycles. The topological polar surface area (TPSA) is 125 Å². The second-order valence-corrected chi connectivity index (χ2v) is 5.00. The Morgan fingerprint density at radius 1 is 0.960 bits per heavy atom. The number of cyclic esters (lactones) is 1. The summed E-state index contributed by atoms with van der Waals surface area (Å²) in [5.41, 5.74) is -0.308. The fourth-order valence-electron chi connectivity index (χ4n) is 2.17. The third-order valence-corrected chi connectivity index (χ3v) is 3.29. The molecule has 9 nitrogen and oxygen atoms in total. The maximum absolute atomic E-state index is 11.9. The number of carbonyl (C=O) groups is 1. The third kappa shape index (κ3) is 3.39. The Kier molecular flexibility index (Phi) is 4.04. The molecule has 0 fully saturated rings. The van der Waals surface area contributed by atoms with E-state index in [1.54, 1.807) is 24.3 Å². The molecule has 9 heteroatoms. The fourth-order valence-corrected chi connectivity index (χ4v) is 2.17. The van der Waals surface area contributed by atoms with Crippen molar-refractivity contribution in [3.05, 3.63) is 85.6 Å². The van der Waals surface area contributed by atoms with Crippen LogP contribution in [0.4, 0.5) is 11.4 Å². The number of rotatable bonds is 4. The van der Waals surface area contributed by atoms with Crippen molar-refractivity contribution in [3.63, 3.8) is 0 Å². The number of nitrogens with zero attached hydrogens (tertiary/aromatic N) is 3. The number of hydrogen-bond donors (Lipinski definition) is 0. The van der Waals surface area contributed by atoms with Crippen molar-refractivity contribution >= 4 is 29.3 Å². The van der Waals surface area contributed by atoms with E-state index in [4.69, 9.17) is 4.74 Å². The Labute approximate surface area is 140 Å². The van der Waals surface area contributed by atoms with Crippen LogP contribution >= 0.6 is 0 Å². The van der Waals surface area contributed by atoms with Crippen LogP contribution in [0.3, 0.4) is 0 Å². The lowest BCUT2D eigenvalue weighted by Crippen LogP contribution is -2.06. The molecule has 0 spiro atoms. The second-order valence-electron chi connectivity index (χ2n) is 5.00. The molecular weight excluding hydrogens is 330 g/mol. The van der Waals surface area contributed by atoms with E-state index >= 15 is 0 Å². The molecule has 0 aromatic heterocycles. The van der Waals surface area contributed by atoms with Gasteiger partial charge in [-0.15, -0.1) is 0 Å². The van der Waals surface area contributed by atoms with Crippen LogP contribution in [0.1, 0.15) is 11.1 Å². The van der Waals surface area contributed by atoms with E-state index in [-0.39, 0.29) is 17.2 Å². The Morgan fingerprint density at radius 3 is 2.12 bits per heavy atom. The van der Waals surface area contributed by atoms with E-state index in [2.05, 4.69) is 4.99 Å². The van der Waals surface area contributed by atoms with Gasteiger partial charge in [0.1, 0.15) is 0 Å². The van der Waals surface area contributed by atoms with Crippen LogP contribution in [0.15, 0.2) is 59.2 Å². The summed E-state index contributed by atoms with van der Waals surface area (Å²) in [6.45, 7) is 0. The molecule has 0 saturated heterocycles. The number of aliphatic imine (C=N–C) groups is 1. The quantitative estimate of drug-likeness (QED) is 0.365. The zero-order valence-corrected chi connectivity index (χ0v) is 12.5. The lowest BCUT2D eigenvalue weighted by molar-refractivity contribution is -0.394. The Morgan fingerprint density at radius 2 is 1.56 bits per heavy atom. The first-order valence-corrected chi connectivity index (χ1v) is 6.96.